The van der Waals surface area contributed by atoms with E-state index < -0.39 is 18.2 Å². The van der Waals surface area contributed by atoms with Gasteiger partial charge in [0.05, 0.1) is 12.1 Å². The Bertz CT molecular complexity index is 322. The Balaban J connectivity index is 2.62. The highest BCUT2D eigenvalue weighted by molar-refractivity contribution is 5.87. The van der Waals surface area contributed by atoms with Gasteiger partial charge in [-0.15, -0.1) is 0 Å². The second kappa shape index (κ2) is 7.33. The van der Waals surface area contributed by atoms with E-state index in [2.05, 4.69) is 10.6 Å². The SMILES string of the molecule is CCC(C)C(NC(N)=O)C(=O)N[C@@H]1CCCC[C@H]1O. The van der Waals surface area contributed by atoms with Gasteiger partial charge in [-0.2, -0.15) is 0 Å². The van der Waals surface area contributed by atoms with Crippen molar-refractivity contribution in [1.82, 2.24) is 10.6 Å². The van der Waals surface area contributed by atoms with Crippen LogP contribution in [0, 0.1) is 5.92 Å². The molecule has 0 aliphatic heterocycles. The predicted octanol–water partition coefficient (Wildman–Crippen LogP) is 0.489. The quantitative estimate of drug-likeness (QED) is 0.585. The van der Waals surface area contributed by atoms with Gasteiger partial charge in [-0.3, -0.25) is 4.79 Å². The van der Waals surface area contributed by atoms with E-state index in [4.69, 9.17) is 5.73 Å². The Morgan fingerprint density at radius 3 is 2.53 bits per heavy atom. The molecule has 0 spiro atoms. The third kappa shape index (κ3) is 4.70. The highest BCUT2D eigenvalue weighted by Gasteiger charge is 2.30. The third-order valence-electron chi connectivity index (χ3n) is 3.85. The number of nitrogens with one attached hydrogen (secondary N) is 2. The fourth-order valence-corrected chi connectivity index (χ4v) is 2.41. The lowest BCUT2D eigenvalue weighted by molar-refractivity contribution is -0.126. The Kier molecular flexibility index (Phi) is 6.08. The van der Waals surface area contributed by atoms with Gasteiger partial charge in [-0.25, -0.2) is 4.79 Å². The number of hydrogen-bond donors (Lipinski definition) is 4. The molecular formula is C13H25N3O3. The summed E-state index contributed by atoms with van der Waals surface area (Å²) in [6.45, 7) is 3.83. The fourth-order valence-electron chi connectivity index (χ4n) is 2.41. The molecule has 0 radical (unpaired) electrons. The van der Waals surface area contributed by atoms with E-state index in [0.717, 1.165) is 25.7 Å². The number of urea groups is 1. The minimum atomic E-state index is -0.704. The van der Waals surface area contributed by atoms with Crippen molar-refractivity contribution in [1.29, 1.82) is 0 Å². The maximum Gasteiger partial charge on any atom is 0.312 e. The summed E-state index contributed by atoms with van der Waals surface area (Å²) in [5, 5.41) is 15.2. The van der Waals surface area contributed by atoms with Gasteiger partial charge in [-0.1, -0.05) is 33.1 Å². The van der Waals surface area contributed by atoms with Crippen LogP contribution in [0.1, 0.15) is 46.0 Å². The molecule has 1 saturated carbocycles. The Morgan fingerprint density at radius 2 is 2.00 bits per heavy atom. The molecule has 0 aromatic heterocycles. The molecule has 0 aromatic rings. The van der Waals surface area contributed by atoms with Crippen molar-refractivity contribution in [2.24, 2.45) is 11.7 Å². The van der Waals surface area contributed by atoms with Crippen LogP contribution in [0.2, 0.25) is 0 Å². The summed E-state index contributed by atoms with van der Waals surface area (Å²) in [6, 6.07) is -1.57. The van der Waals surface area contributed by atoms with E-state index in [1.807, 2.05) is 13.8 Å². The van der Waals surface area contributed by atoms with E-state index >= 15 is 0 Å². The summed E-state index contributed by atoms with van der Waals surface area (Å²) in [7, 11) is 0. The van der Waals surface area contributed by atoms with Crippen LogP contribution in [0.25, 0.3) is 0 Å². The van der Waals surface area contributed by atoms with Crippen LogP contribution in [0.15, 0.2) is 0 Å². The molecule has 0 heterocycles. The molecule has 1 fully saturated rings. The normalized spacial score (nSPS) is 26.3. The van der Waals surface area contributed by atoms with Crippen LogP contribution >= 0.6 is 0 Å². The highest BCUT2D eigenvalue weighted by Crippen LogP contribution is 2.19. The fraction of sp³-hybridized carbons (Fsp3) is 0.846. The molecule has 1 rings (SSSR count). The van der Waals surface area contributed by atoms with Crippen molar-refractivity contribution < 1.29 is 14.7 Å². The molecule has 1 aliphatic carbocycles. The lowest BCUT2D eigenvalue weighted by atomic mass is 9.91. The van der Waals surface area contributed by atoms with Crippen LogP contribution < -0.4 is 16.4 Å². The van der Waals surface area contributed by atoms with Gasteiger partial charge in [0.25, 0.3) is 0 Å². The van der Waals surface area contributed by atoms with Gasteiger partial charge in [0, 0.05) is 0 Å². The number of carbonyl (C=O) groups excluding carboxylic acids is 2. The number of carbonyl (C=O) groups is 2. The summed E-state index contributed by atoms with van der Waals surface area (Å²) >= 11 is 0. The molecule has 1 aliphatic rings. The van der Waals surface area contributed by atoms with Gasteiger partial charge >= 0.3 is 6.03 Å². The molecule has 6 nitrogen and oxygen atoms in total. The lowest BCUT2D eigenvalue weighted by Gasteiger charge is -2.31. The first-order chi connectivity index (χ1) is 8.95. The second-order valence-corrected chi connectivity index (χ2v) is 5.34. The molecule has 0 bridgehead atoms. The molecule has 6 heteroatoms. The number of hydrogen-bond acceptors (Lipinski definition) is 3. The molecular weight excluding hydrogens is 246 g/mol. The highest BCUT2D eigenvalue weighted by atomic mass is 16.3. The van der Waals surface area contributed by atoms with Crippen molar-refractivity contribution in [3.8, 4) is 0 Å². The largest absolute Gasteiger partial charge is 0.391 e. The minimum Gasteiger partial charge on any atom is -0.391 e. The predicted molar refractivity (Wildman–Crippen MR) is 72.4 cm³/mol. The average molecular weight is 271 g/mol. The molecule has 110 valence electrons. The zero-order valence-corrected chi connectivity index (χ0v) is 11.7. The van der Waals surface area contributed by atoms with Crippen molar-refractivity contribution in [3.05, 3.63) is 0 Å². The maximum absolute atomic E-state index is 12.2. The number of amides is 3. The van der Waals surface area contributed by atoms with E-state index in [1.165, 1.54) is 0 Å². The van der Waals surface area contributed by atoms with E-state index in [9.17, 15) is 14.7 Å². The first-order valence-corrected chi connectivity index (χ1v) is 7.00. The summed E-state index contributed by atoms with van der Waals surface area (Å²) in [5.41, 5.74) is 5.10. The zero-order valence-electron chi connectivity index (χ0n) is 11.7. The molecule has 0 saturated heterocycles. The molecule has 4 atom stereocenters. The lowest BCUT2D eigenvalue weighted by Crippen LogP contribution is -2.56. The average Bonchev–Trinajstić information content (AvgIpc) is 2.37. The minimum absolute atomic E-state index is 0.00627. The first kappa shape index (κ1) is 15.8. The summed E-state index contributed by atoms with van der Waals surface area (Å²) in [5.74, 6) is -0.271. The monoisotopic (exact) mass is 271 g/mol. The topological polar surface area (TPSA) is 104 Å². The first-order valence-electron chi connectivity index (χ1n) is 7.00. The molecule has 3 amide bonds. The number of aliphatic hydroxyl groups is 1. The smallest absolute Gasteiger partial charge is 0.312 e. The Morgan fingerprint density at radius 1 is 1.37 bits per heavy atom. The van der Waals surface area contributed by atoms with E-state index in [-0.39, 0.29) is 17.9 Å². The van der Waals surface area contributed by atoms with Crippen LogP contribution in [-0.2, 0) is 4.79 Å². The van der Waals surface area contributed by atoms with E-state index in [0.29, 0.717) is 6.42 Å². The number of primary amides is 1. The van der Waals surface area contributed by atoms with Crippen LogP contribution in [0.3, 0.4) is 0 Å². The second-order valence-electron chi connectivity index (χ2n) is 5.34. The molecule has 2 unspecified atom stereocenters. The molecule has 0 aromatic carbocycles. The summed E-state index contributed by atoms with van der Waals surface area (Å²) in [4.78, 5) is 23.2. The Hall–Kier alpha value is -1.30. The van der Waals surface area contributed by atoms with Crippen LogP contribution in [0.5, 0.6) is 0 Å². The summed E-state index contributed by atoms with van der Waals surface area (Å²) < 4.78 is 0. The standard InChI is InChI=1S/C13H25N3O3/c1-3-8(2)11(16-13(14)19)12(18)15-9-6-4-5-7-10(9)17/h8-11,17H,3-7H2,1-2H3,(H,15,18)(H3,14,16,19)/t8?,9-,10-,11?/m1/s1. The van der Waals surface area contributed by atoms with Crippen molar-refractivity contribution in [2.75, 3.05) is 0 Å². The van der Waals surface area contributed by atoms with Gasteiger partial charge in [0.1, 0.15) is 6.04 Å². The maximum atomic E-state index is 12.2. The number of nitrogens with two attached hydrogens (primary N) is 1. The van der Waals surface area contributed by atoms with Crippen molar-refractivity contribution in [2.45, 2.75) is 64.1 Å². The number of rotatable bonds is 5. The number of aliphatic hydroxyl groups excluding tert-OH is 1. The summed E-state index contributed by atoms with van der Waals surface area (Å²) in [6.07, 6.45) is 3.73. The van der Waals surface area contributed by atoms with Crippen molar-refractivity contribution in [3.63, 3.8) is 0 Å². The molecule has 5 N–H and O–H groups in total. The van der Waals surface area contributed by atoms with Gasteiger partial charge < -0.3 is 21.5 Å². The van der Waals surface area contributed by atoms with Gasteiger partial charge in [0.2, 0.25) is 5.91 Å². The van der Waals surface area contributed by atoms with Crippen LogP contribution in [-0.4, -0.2) is 35.2 Å². The zero-order chi connectivity index (χ0) is 14.4. The van der Waals surface area contributed by atoms with E-state index in [1.54, 1.807) is 0 Å². The third-order valence-corrected chi connectivity index (χ3v) is 3.85. The van der Waals surface area contributed by atoms with Gasteiger partial charge in [-0.05, 0) is 18.8 Å². The van der Waals surface area contributed by atoms with Crippen LogP contribution in [0.4, 0.5) is 4.79 Å². The van der Waals surface area contributed by atoms with Crippen molar-refractivity contribution >= 4 is 11.9 Å². The van der Waals surface area contributed by atoms with Gasteiger partial charge in [0.15, 0.2) is 0 Å². The molecule has 19 heavy (non-hydrogen) atoms. The Labute approximate surface area is 114 Å².